The molecule has 0 amide bonds. The first-order valence-corrected chi connectivity index (χ1v) is 4.71. The highest BCUT2D eigenvalue weighted by molar-refractivity contribution is 6.09. The largest absolute Gasteiger partial charge is 0.351 e. The molecule has 0 spiro atoms. The van der Waals surface area contributed by atoms with Crippen LogP contribution < -0.4 is 4.89 Å². The average Bonchev–Trinajstić information content (AvgIpc) is 2.67. The molecular weight excluding hydrogens is 190 g/mol. The summed E-state index contributed by atoms with van der Waals surface area (Å²) in [5.41, 5.74) is 1.86. The molecule has 3 aromatic rings. The zero-order valence-corrected chi connectivity index (χ0v) is 7.90. The molecule has 0 bridgehead atoms. The van der Waals surface area contributed by atoms with Crippen LogP contribution in [0.25, 0.3) is 21.8 Å². The first-order valence-electron chi connectivity index (χ1n) is 4.71. The third-order valence-corrected chi connectivity index (χ3v) is 2.60. The standard InChI is InChI=1S/C12H9NO2/c14-15-11-7-3-5-9-8-4-1-2-6-10(8)13-12(9)11/h1-7,13-14H. The fourth-order valence-electron chi connectivity index (χ4n) is 1.92. The number of para-hydroxylation sites is 2. The SMILES string of the molecule is OOc1cccc2c1[nH]c1ccccc12. The maximum Gasteiger partial charge on any atom is 0.189 e. The minimum Gasteiger partial charge on any atom is -0.351 e. The molecule has 0 unspecified atom stereocenters. The van der Waals surface area contributed by atoms with E-state index in [9.17, 15) is 0 Å². The van der Waals surface area contributed by atoms with Crippen molar-refractivity contribution in [2.45, 2.75) is 0 Å². The molecule has 0 fully saturated rings. The molecule has 0 radical (unpaired) electrons. The van der Waals surface area contributed by atoms with Crippen molar-refractivity contribution in [3.8, 4) is 5.75 Å². The van der Waals surface area contributed by atoms with Crippen LogP contribution in [0.5, 0.6) is 5.75 Å². The van der Waals surface area contributed by atoms with E-state index in [1.165, 1.54) is 0 Å². The monoisotopic (exact) mass is 199 g/mol. The number of fused-ring (bicyclic) bond motifs is 3. The van der Waals surface area contributed by atoms with Crippen molar-refractivity contribution in [3.05, 3.63) is 42.5 Å². The zero-order valence-electron chi connectivity index (χ0n) is 7.90. The average molecular weight is 199 g/mol. The molecule has 2 aromatic carbocycles. The zero-order chi connectivity index (χ0) is 10.3. The van der Waals surface area contributed by atoms with E-state index in [4.69, 9.17) is 5.26 Å². The van der Waals surface area contributed by atoms with Crippen LogP contribution in [0.3, 0.4) is 0 Å². The molecule has 0 saturated carbocycles. The van der Waals surface area contributed by atoms with Crippen LogP contribution in [0.2, 0.25) is 0 Å². The summed E-state index contributed by atoms with van der Waals surface area (Å²) in [5, 5.41) is 10.9. The summed E-state index contributed by atoms with van der Waals surface area (Å²) >= 11 is 0. The Balaban J connectivity index is 2.53. The van der Waals surface area contributed by atoms with E-state index in [0.717, 1.165) is 21.8 Å². The van der Waals surface area contributed by atoms with Crippen molar-refractivity contribution >= 4 is 21.8 Å². The summed E-state index contributed by atoms with van der Waals surface area (Å²) < 4.78 is 0. The van der Waals surface area contributed by atoms with E-state index in [0.29, 0.717) is 5.75 Å². The number of hydrogen-bond donors (Lipinski definition) is 2. The Hall–Kier alpha value is -2.00. The van der Waals surface area contributed by atoms with Crippen molar-refractivity contribution in [1.82, 2.24) is 4.98 Å². The van der Waals surface area contributed by atoms with Crippen LogP contribution >= 0.6 is 0 Å². The third-order valence-electron chi connectivity index (χ3n) is 2.60. The molecule has 1 aromatic heterocycles. The van der Waals surface area contributed by atoms with Gasteiger partial charge in [-0.05, 0) is 12.1 Å². The van der Waals surface area contributed by atoms with Gasteiger partial charge < -0.3 is 9.87 Å². The summed E-state index contributed by atoms with van der Waals surface area (Å²) in [6, 6.07) is 13.6. The van der Waals surface area contributed by atoms with Gasteiger partial charge in [0.05, 0.1) is 5.52 Å². The molecule has 0 saturated heterocycles. The van der Waals surface area contributed by atoms with Crippen LogP contribution in [0.4, 0.5) is 0 Å². The Kier molecular flexibility index (Phi) is 1.66. The van der Waals surface area contributed by atoms with Gasteiger partial charge in [0.25, 0.3) is 0 Å². The molecule has 0 aliphatic carbocycles. The second kappa shape index (κ2) is 3.00. The Morgan fingerprint density at radius 3 is 2.60 bits per heavy atom. The van der Waals surface area contributed by atoms with Gasteiger partial charge in [0.2, 0.25) is 0 Å². The Bertz CT molecular complexity index is 628. The van der Waals surface area contributed by atoms with E-state index in [-0.39, 0.29) is 0 Å². The fraction of sp³-hybridized carbons (Fsp3) is 0. The summed E-state index contributed by atoms with van der Waals surface area (Å²) in [4.78, 5) is 7.54. The van der Waals surface area contributed by atoms with Gasteiger partial charge in [0, 0.05) is 16.3 Å². The predicted molar refractivity (Wildman–Crippen MR) is 59.1 cm³/mol. The number of aromatic amines is 1. The van der Waals surface area contributed by atoms with E-state index in [1.54, 1.807) is 6.07 Å². The minimum atomic E-state index is 0.448. The smallest absolute Gasteiger partial charge is 0.189 e. The predicted octanol–water partition coefficient (Wildman–Crippen LogP) is 3.17. The van der Waals surface area contributed by atoms with Crippen molar-refractivity contribution in [3.63, 3.8) is 0 Å². The van der Waals surface area contributed by atoms with Crippen LogP contribution in [0.1, 0.15) is 0 Å². The first-order chi connectivity index (χ1) is 7.40. The number of hydrogen-bond acceptors (Lipinski definition) is 2. The quantitative estimate of drug-likeness (QED) is 0.467. The Labute approximate surface area is 85.8 Å². The Morgan fingerprint density at radius 1 is 0.933 bits per heavy atom. The number of H-pyrrole nitrogens is 1. The molecule has 0 aliphatic rings. The van der Waals surface area contributed by atoms with Gasteiger partial charge in [-0.2, -0.15) is 0 Å². The first kappa shape index (κ1) is 8.32. The lowest BCUT2D eigenvalue weighted by molar-refractivity contribution is -0.136. The number of benzene rings is 2. The van der Waals surface area contributed by atoms with Crippen LogP contribution in [0, 0.1) is 0 Å². The molecule has 74 valence electrons. The summed E-state index contributed by atoms with van der Waals surface area (Å²) in [6.07, 6.45) is 0. The highest BCUT2D eigenvalue weighted by Gasteiger charge is 2.07. The molecule has 3 nitrogen and oxygen atoms in total. The van der Waals surface area contributed by atoms with Crippen LogP contribution in [-0.4, -0.2) is 10.2 Å². The summed E-state index contributed by atoms with van der Waals surface area (Å²) in [5.74, 6) is 0.448. The van der Waals surface area contributed by atoms with E-state index in [1.807, 2.05) is 36.4 Å². The third kappa shape index (κ3) is 1.10. The topological polar surface area (TPSA) is 45.2 Å². The van der Waals surface area contributed by atoms with E-state index >= 15 is 0 Å². The lowest BCUT2D eigenvalue weighted by Crippen LogP contribution is -1.83. The fourth-order valence-corrected chi connectivity index (χ4v) is 1.92. The molecule has 0 atom stereocenters. The molecule has 0 aliphatic heterocycles. The number of aromatic nitrogens is 1. The highest BCUT2D eigenvalue weighted by Crippen LogP contribution is 2.30. The van der Waals surface area contributed by atoms with Crippen molar-refractivity contribution in [1.29, 1.82) is 0 Å². The highest BCUT2D eigenvalue weighted by atomic mass is 17.1. The lowest BCUT2D eigenvalue weighted by Gasteiger charge is -1.96. The van der Waals surface area contributed by atoms with Gasteiger partial charge in [0.1, 0.15) is 0 Å². The second-order valence-electron chi connectivity index (χ2n) is 3.44. The van der Waals surface area contributed by atoms with Crippen molar-refractivity contribution in [2.75, 3.05) is 0 Å². The molecule has 3 heteroatoms. The molecular formula is C12H9NO2. The van der Waals surface area contributed by atoms with Crippen molar-refractivity contribution < 1.29 is 10.1 Å². The van der Waals surface area contributed by atoms with Crippen molar-refractivity contribution in [2.24, 2.45) is 0 Å². The van der Waals surface area contributed by atoms with E-state index in [2.05, 4.69) is 9.87 Å². The normalized spacial score (nSPS) is 11.0. The Morgan fingerprint density at radius 2 is 1.73 bits per heavy atom. The van der Waals surface area contributed by atoms with Gasteiger partial charge in [-0.1, -0.05) is 30.3 Å². The van der Waals surface area contributed by atoms with E-state index < -0.39 is 0 Å². The van der Waals surface area contributed by atoms with Gasteiger partial charge >= 0.3 is 0 Å². The van der Waals surface area contributed by atoms with Gasteiger partial charge in [0.15, 0.2) is 5.75 Å². The molecule has 15 heavy (non-hydrogen) atoms. The summed E-state index contributed by atoms with van der Waals surface area (Å²) in [6.45, 7) is 0. The maximum atomic E-state index is 8.74. The number of nitrogens with one attached hydrogen (secondary N) is 1. The molecule has 2 N–H and O–H groups in total. The summed E-state index contributed by atoms with van der Waals surface area (Å²) in [7, 11) is 0. The van der Waals surface area contributed by atoms with Gasteiger partial charge in [-0.3, -0.25) is 0 Å². The van der Waals surface area contributed by atoms with Crippen LogP contribution in [0.15, 0.2) is 42.5 Å². The minimum absolute atomic E-state index is 0.448. The molecule has 1 heterocycles. The second-order valence-corrected chi connectivity index (χ2v) is 3.44. The number of rotatable bonds is 1. The van der Waals surface area contributed by atoms with Gasteiger partial charge in [-0.15, -0.1) is 0 Å². The van der Waals surface area contributed by atoms with Gasteiger partial charge in [-0.25, -0.2) is 5.26 Å². The van der Waals surface area contributed by atoms with Crippen LogP contribution in [-0.2, 0) is 0 Å². The lowest BCUT2D eigenvalue weighted by atomic mass is 10.1. The maximum absolute atomic E-state index is 8.74. The molecule has 3 rings (SSSR count).